The third kappa shape index (κ3) is 2.91. The minimum Gasteiger partial charge on any atom is -0.350 e. The first kappa shape index (κ1) is 9.68. The van der Waals surface area contributed by atoms with Gasteiger partial charge in [0.2, 0.25) is 0 Å². The van der Waals surface area contributed by atoms with Crippen LogP contribution in [0.3, 0.4) is 0 Å². The Kier molecular flexibility index (Phi) is 4.25. The summed E-state index contributed by atoms with van der Waals surface area (Å²) < 4.78 is 10.7. The lowest BCUT2D eigenvalue weighted by atomic mass is 10.0. The molecule has 1 rings (SSSR count). The third-order valence-electron chi connectivity index (χ3n) is 2.09. The van der Waals surface area contributed by atoms with Gasteiger partial charge >= 0.3 is 0 Å². The molecule has 0 bridgehead atoms. The molecular formula is C9H16O3. The number of carbonyl (C=O) groups excluding carboxylic acids is 1. The first-order chi connectivity index (χ1) is 5.84. The van der Waals surface area contributed by atoms with Crippen molar-refractivity contribution in [3.8, 4) is 0 Å². The van der Waals surface area contributed by atoms with Crippen molar-refractivity contribution >= 4 is 6.29 Å². The lowest BCUT2D eigenvalue weighted by Gasteiger charge is -2.16. The Morgan fingerprint density at radius 3 is 2.75 bits per heavy atom. The molecule has 1 heterocycles. The molecule has 3 heteroatoms. The molecule has 0 radical (unpaired) electrons. The maximum absolute atomic E-state index is 10.0. The van der Waals surface area contributed by atoms with Crippen LogP contribution < -0.4 is 0 Å². The van der Waals surface area contributed by atoms with Crippen molar-refractivity contribution < 1.29 is 14.3 Å². The number of carbonyl (C=O) groups is 1. The second kappa shape index (κ2) is 5.27. The fourth-order valence-corrected chi connectivity index (χ4v) is 1.36. The number of unbranched alkanes of at least 4 members (excludes halogenated alkanes) is 1. The maximum Gasteiger partial charge on any atom is 0.160 e. The van der Waals surface area contributed by atoms with E-state index < -0.39 is 0 Å². The van der Waals surface area contributed by atoms with E-state index in [9.17, 15) is 4.79 Å². The van der Waals surface area contributed by atoms with Crippen LogP contribution >= 0.6 is 0 Å². The van der Waals surface area contributed by atoms with Crippen molar-refractivity contribution in [1.29, 1.82) is 0 Å². The molecule has 0 spiro atoms. The normalized spacial score (nSPS) is 21.1. The van der Waals surface area contributed by atoms with Crippen LogP contribution in [-0.4, -0.2) is 25.8 Å². The minimum atomic E-state index is -0.0309. The molecule has 0 aliphatic carbocycles. The monoisotopic (exact) mass is 172 g/mol. The standard InChI is InChI=1S/C9H16O3/c1-8(4-2-3-5-10)9-11-6-7-12-9/h5,8-9H,2-4,6-7H2,1H3. The highest BCUT2D eigenvalue weighted by atomic mass is 16.7. The molecule has 1 fully saturated rings. The van der Waals surface area contributed by atoms with Gasteiger partial charge in [0, 0.05) is 12.3 Å². The van der Waals surface area contributed by atoms with Crippen molar-refractivity contribution in [2.45, 2.75) is 32.5 Å². The molecular weight excluding hydrogens is 156 g/mol. The molecule has 0 amide bonds. The fourth-order valence-electron chi connectivity index (χ4n) is 1.36. The second-order valence-corrected chi connectivity index (χ2v) is 3.18. The van der Waals surface area contributed by atoms with E-state index in [1.807, 2.05) is 0 Å². The Labute approximate surface area is 73.0 Å². The van der Waals surface area contributed by atoms with Gasteiger partial charge in [-0.3, -0.25) is 0 Å². The second-order valence-electron chi connectivity index (χ2n) is 3.18. The Morgan fingerprint density at radius 2 is 2.17 bits per heavy atom. The van der Waals surface area contributed by atoms with Gasteiger partial charge in [-0.25, -0.2) is 0 Å². The molecule has 3 nitrogen and oxygen atoms in total. The van der Waals surface area contributed by atoms with E-state index in [1.54, 1.807) is 0 Å². The zero-order chi connectivity index (χ0) is 8.81. The number of hydrogen-bond donors (Lipinski definition) is 0. The summed E-state index contributed by atoms with van der Waals surface area (Å²) in [5.41, 5.74) is 0. The van der Waals surface area contributed by atoms with Gasteiger partial charge in [0.1, 0.15) is 6.29 Å². The number of rotatable bonds is 5. The quantitative estimate of drug-likeness (QED) is 0.464. The Morgan fingerprint density at radius 1 is 1.50 bits per heavy atom. The lowest BCUT2D eigenvalue weighted by Crippen LogP contribution is -2.18. The largest absolute Gasteiger partial charge is 0.350 e. The van der Waals surface area contributed by atoms with Crippen LogP contribution in [0.5, 0.6) is 0 Å². The first-order valence-corrected chi connectivity index (χ1v) is 4.51. The Bertz CT molecular complexity index is 130. The summed E-state index contributed by atoms with van der Waals surface area (Å²) in [6.45, 7) is 3.52. The number of ether oxygens (including phenoxy) is 2. The zero-order valence-electron chi connectivity index (χ0n) is 7.49. The van der Waals surface area contributed by atoms with E-state index in [4.69, 9.17) is 9.47 Å². The minimum absolute atomic E-state index is 0.0309. The predicted molar refractivity (Wildman–Crippen MR) is 44.8 cm³/mol. The van der Waals surface area contributed by atoms with Crippen LogP contribution in [0.1, 0.15) is 26.2 Å². The predicted octanol–water partition coefficient (Wildman–Crippen LogP) is 1.36. The first-order valence-electron chi connectivity index (χ1n) is 4.51. The van der Waals surface area contributed by atoms with Gasteiger partial charge in [0.05, 0.1) is 13.2 Å². The van der Waals surface area contributed by atoms with Crippen LogP contribution in [0.2, 0.25) is 0 Å². The average Bonchev–Trinajstić information content (AvgIpc) is 2.56. The molecule has 0 aromatic carbocycles. The molecule has 1 atom stereocenters. The van der Waals surface area contributed by atoms with Crippen molar-refractivity contribution in [3.05, 3.63) is 0 Å². The van der Waals surface area contributed by atoms with Crippen LogP contribution in [0.4, 0.5) is 0 Å². The van der Waals surface area contributed by atoms with Crippen LogP contribution in [0.25, 0.3) is 0 Å². The van der Waals surface area contributed by atoms with Crippen molar-refractivity contribution in [2.75, 3.05) is 13.2 Å². The summed E-state index contributed by atoms with van der Waals surface area (Å²) >= 11 is 0. The molecule has 12 heavy (non-hydrogen) atoms. The highest BCUT2D eigenvalue weighted by Gasteiger charge is 2.22. The molecule has 1 saturated heterocycles. The van der Waals surface area contributed by atoms with Gasteiger partial charge in [-0.2, -0.15) is 0 Å². The molecule has 0 N–H and O–H groups in total. The highest BCUT2D eigenvalue weighted by Crippen LogP contribution is 2.19. The smallest absolute Gasteiger partial charge is 0.160 e. The number of hydrogen-bond acceptors (Lipinski definition) is 3. The van der Waals surface area contributed by atoms with E-state index in [0.29, 0.717) is 25.6 Å². The summed E-state index contributed by atoms with van der Waals surface area (Å²) in [5, 5.41) is 0. The van der Waals surface area contributed by atoms with E-state index in [0.717, 1.165) is 19.1 Å². The SMILES string of the molecule is CC(CCCC=O)C1OCCO1. The third-order valence-corrected chi connectivity index (χ3v) is 2.09. The lowest BCUT2D eigenvalue weighted by molar-refractivity contribution is -0.108. The Balaban J connectivity index is 2.09. The molecule has 1 aliphatic heterocycles. The van der Waals surface area contributed by atoms with Gasteiger partial charge in [0.15, 0.2) is 6.29 Å². The summed E-state index contributed by atoms with van der Waals surface area (Å²) in [6, 6.07) is 0. The molecule has 0 aromatic heterocycles. The van der Waals surface area contributed by atoms with Crippen LogP contribution in [-0.2, 0) is 14.3 Å². The summed E-state index contributed by atoms with van der Waals surface area (Å²) in [7, 11) is 0. The summed E-state index contributed by atoms with van der Waals surface area (Å²) in [5.74, 6) is 0.410. The summed E-state index contributed by atoms with van der Waals surface area (Å²) in [4.78, 5) is 10.0. The topological polar surface area (TPSA) is 35.5 Å². The molecule has 0 saturated carbocycles. The van der Waals surface area contributed by atoms with Crippen molar-refractivity contribution in [2.24, 2.45) is 5.92 Å². The number of aldehydes is 1. The van der Waals surface area contributed by atoms with Gasteiger partial charge in [0.25, 0.3) is 0 Å². The van der Waals surface area contributed by atoms with E-state index in [-0.39, 0.29) is 6.29 Å². The maximum atomic E-state index is 10.0. The summed E-state index contributed by atoms with van der Waals surface area (Å²) in [6.07, 6.45) is 3.52. The highest BCUT2D eigenvalue weighted by molar-refractivity contribution is 5.48. The average molecular weight is 172 g/mol. The Hall–Kier alpha value is -0.410. The van der Waals surface area contributed by atoms with Crippen molar-refractivity contribution in [3.63, 3.8) is 0 Å². The van der Waals surface area contributed by atoms with E-state index in [1.165, 1.54) is 0 Å². The van der Waals surface area contributed by atoms with Gasteiger partial charge in [-0.1, -0.05) is 6.92 Å². The van der Waals surface area contributed by atoms with Gasteiger partial charge in [-0.05, 0) is 12.8 Å². The van der Waals surface area contributed by atoms with Crippen LogP contribution in [0.15, 0.2) is 0 Å². The fraction of sp³-hybridized carbons (Fsp3) is 0.889. The van der Waals surface area contributed by atoms with Gasteiger partial charge in [-0.15, -0.1) is 0 Å². The van der Waals surface area contributed by atoms with Crippen LogP contribution in [0, 0.1) is 5.92 Å². The van der Waals surface area contributed by atoms with Crippen molar-refractivity contribution in [1.82, 2.24) is 0 Å². The van der Waals surface area contributed by atoms with E-state index >= 15 is 0 Å². The van der Waals surface area contributed by atoms with Gasteiger partial charge < -0.3 is 14.3 Å². The van der Waals surface area contributed by atoms with E-state index in [2.05, 4.69) is 6.92 Å². The zero-order valence-corrected chi connectivity index (χ0v) is 7.49. The molecule has 1 aliphatic rings. The molecule has 0 aromatic rings. The molecule has 70 valence electrons. The molecule has 1 unspecified atom stereocenters.